The molecule has 2 aromatic heterocycles. The minimum absolute atomic E-state index is 0.112. The molecule has 1 atom stereocenters. The van der Waals surface area contributed by atoms with E-state index in [0.717, 1.165) is 22.3 Å². The van der Waals surface area contributed by atoms with Crippen molar-refractivity contribution in [2.45, 2.75) is 45.9 Å². The van der Waals surface area contributed by atoms with E-state index in [9.17, 15) is 9.90 Å². The van der Waals surface area contributed by atoms with E-state index in [2.05, 4.69) is 31.1 Å². The molecule has 0 saturated heterocycles. The molecule has 35 heavy (non-hydrogen) atoms. The van der Waals surface area contributed by atoms with Gasteiger partial charge in [0.2, 0.25) is 0 Å². The molecule has 4 aromatic rings. The molecule has 2 aromatic carbocycles. The van der Waals surface area contributed by atoms with Crippen LogP contribution in [0.2, 0.25) is 0 Å². The van der Waals surface area contributed by atoms with Gasteiger partial charge in [-0.05, 0) is 45.4 Å². The summed E-state index contributed by atoms with van der Waals surface area (Å²) in [6.45, 7) is 8.65. The number of anilines is 1. The molecule has 0 aliphatic carbocycles. The third-order valence-electron chi connectivity index (χ3n) is 5.51. The average molecular weight is 474 g/mol. The van der Waals surface area contributed by atoms with Crippen LogP contribution in [0, 0.1) is 6.92 Å². The van der Waals surface area contributed by atoms with Gasteiger partial charge in [0.25, 0.3) is 0 Å². The Labute approximate surface area is 204 Å². The lowest BCUT2D eigenvalue weighted by molar-refractivity contribution is 0.0692. The van der Waals surface area contributed by atoms with Crippen LogP contribution in [0.5, 0.6) is 0 Å². The Morgan fingerprint density at radius 1 is 1.14 bits per heavy atom. The highest BCUT2D eigenvalue weighted by Gasteiger charge is 2.22. The smallest absolute Gasteiger partial charge is 0.337 e. The molecule has 0 radical (unpaired) electrons. The topological polar surface area (TPSA) is 126 Å². The number of aromatic carboxylic acids is 1. The van der Waals surface area contributed by atoms with Gasteiger partial charge in [0.15, 0.2) is 0 Å². The Hall–Kier alpha value is -3.75. The van der Waals surface area contributed by atoms with Gasteiger partial charge in [0, 0.05) is 22.5 Å². The summed E-state index contributed by atoms with van der Waals surface area (Å²) in [5, 5.41) is 13.2. The Bertz CT molecular complexity index is 1340. The van der Waals surface area contributed by atoms with Crippen molar-refractivity contribution >= 4 is 22.8 Å². The molecule has 2 heterocycles. The summed E-state index contributed by atoms with van der Waals surface area (Å²) >= 11 is 0. The van der Waals surface area contributed by atoms with E-state index in [4.69, 9.17) is 20.4 Å². The molecule has 1 unspecified atom stereocenters. The van der Waals surface area contributed by atoms with Crippen LogP contribution >= 0.6 is 0 Å². The molecule has 4 rings (SSSR count). The maximum atomic E-state index is 12.0. The standard InChI is InChI=1S/C27H31N5O3/c1-16-25(32-27(2,3)4)31-24-18(11-8-12-21(24)29-16)22-13-19(26(33)34)23(30-22)20(28)15-35-14-17-9-6-5-7-10-17/h5-13,20,30H,14-15,28H2,1-4H3,(H,31,32)(H,33,34). The van der Waals surface area contributed by atoms with E-state index in [1.807, 2.05) is 55.5 Å². The van der Waals surface area contributed by atoms with Gasteiger partial charge in [-0.3, -0.25) is 0 Å². The van der Waals surface area contributed by atoms with Gasteiger partial charge in [-0.25, -0.2) is 14.8 Å². The summed E-state index contributed by atoms with van der Waals surface area (Å²) in [6, 6.07) is 16.4. The Morgan fingerprint density at radius 2 is 1.89 bits per heavy atom. The lowest BCUT2D eigenvalue weighted by Gasteiger charge is -2.22. The normalized spacial score (nSPS) is 12.6. The van der Waals surface area contributed by atoms with Crippen LogP contribution < -0.4 is 11.1 Å². The van der Waals surface area contributed by atoms with Crippen molar-refractivity contribution in [2.75, 3.05) is 11.9 Å². The predicted molar refractivity (Wildman–Crippen MR) is 137 cm³/mol. The average Bonchev–Trinajstić information content (AvgIpc) is 3.25. The van der Waals surface area contributed by atoms with Crippen LogP contribution in [0.1, 0.15) is 54.1 Å². The molecule has 8 heteroatoms. The summed E-state index contributed by atoms with van der Waals surface area (Å²) < 4.78 is 5.76. The second kappa shape index (κ2) is 9.85. The van der Waals surface area contributed by atoms with Gasteiger partial charge in [0.05, 0.1) is 36.0 Å². The number of benzene rings is 2. The third-order valence-corrected chi connectivity index (χ3v) is 5.51. The van der Waals surface area contributed by atoms with Gasteiger partial charge in [-0.2, -0.15) is 0 Å². The maximum Gasteiger partial charge on any atom is 0.337 e. The Kier molecular flexibility index (Phi) is 6.86. The largest absolute Gasteiger partial charge is 0.478 e. The monoisotopic (exact) mass is 473 g/mol. The zero-order valence-electron chi connectivity index (χ0n) is 20.4. The van der Waals surface area contributed by atoms with Crippen LogP contribution in [-0.4, -0.2) is 38.2 Å². The van der Waals surface area contributed by atoms with Crippen LogP contribution in [0.25, 0.3) is 22.3 Å². The van der Waals surface area contributed by atoms with Crippen molar-refractivity contribution < 1.29 is 14.6 Å². The number of hydrogen-bond acceptors (Lipinski definition) is 6. The number of nitrogens with one attached hydrogen (secondary N) is 2. The fraction of sp³-hybridized carbons (Fsp3) is 0.296. The van der Waals surface area contributed by atoms with Crippen molar-refractivity contribution in [1.82, 2.24) is 15.0 Å². The summed E-state index contributed by atoms with van der Waals surface area (Å²) in [5.41, 5.74) is 11.3. The van der Waals surface area contributed by atoms with Crippen molar-refractivity contribution in [3.05, 3.63) is 77.1 Å². The number of carboxylic acid groups (broad SMARTS) is 1. The number of aromatic nitrogens is 3. The van der Waals surface area contributed by atoms with Crippen LogP contribution in [0.4, 0.5) is 5.82 Å². The van der Waals surface area contributed by atoms with E-state index >= 15 is 0 Å². The molecule has 0 saturated carbocycles. The number of carboxylic acids is 1. The van der Waals surface area contributed by atoms with Crippen molar-refractivity contribution in [1.29, 1.82) is 0 Å². The van der Waals surface area contributed by atoms with Crippen LogP contribution in [-0.2, 0) is 11.3 Å². The highest BCUT2D eigenvalue weighted by molar-refractivity contribution is 5.95. The molecule has 8 nitrogen and oxygen atoms in total. The number of rotatable bonds is 8. The number of nitrogens with two attached hydrogens (primary N) is 1. The van der Waals surface area contributed by atoms with E-state index in [1.165, 1.54) is 0 Å². The Morgan fingerprint density at radius 3 is 2.57 bits per heavy atom. The maximum absolute atomic E-state index is 12.0. The number of carbonyl (C=O) groups is 1. The summed E-state index contributed by atoms with van der Waals surface area (Å²) in [5.74, 6) is -0.369. The SMILES string of the molecule is Cc1nc2cccc(-c3cc(C(=O)O)c(C(N)COCc4ccccc4)[nH]3)c2nc1NC(C)(C)C. The molecule has 0 fully saturated rings. The van der Waals surface area contributed by atoms with E-state index in [1.54, 1.807) is 6.07 Å². The highest BCUT2D eigenvalue weighted by Crippen LogP contribution is 2.31. The van der Waals surface area contributed by atoms with Crippen molar-refractivity contribution in [3.8, 4) is 11.3 Å². The minimum Gasteiger partial charge on any atom is -0.478 e. The minimum atomic E-state index is -1.06. The van der Waals surface area contributed by atoms with Gasteiger partial charge >= 0.3 is 5.97 Å². The van der Waals surface area contributed by atoms with E-state index < -0.39 is 12.0 Å². The van der Waals surface area contributed by atoms with Gasteiger partial charge in [-0.1, -0.05) is 42.5 Å². The fourth-order valence-corrected chi connectivity index (χ4v) is 3.90. The quantitative estimate of drug-likeness (QED) is 0.282. The second-order valence-corrected chi connectivity index (χ2v) is 9.63. The zero-order chi connectivity index (χ0) is 25.2. The van der Waals surface area contributed by atoms with Gasteiger partial charge in [-0.15, -0.1) is 0 Å². The summed E-state index contributed by atoms with van der Waals surface area (Å²) in [6.07, 6.45) is 0. The first-order valence-electron chi connectivity index (χ1n) is 11.5. The second-order valence-electron chi connectivity index (χ2n) is 9.63. The highest BCUT2D eigenvalue weighted by atomic mass is 16.5. The number of aromatic amines is 1. The molecular weight excluding hydrogens is 442 g/mol. The van der Waals surface area contributed by atoms with Gasteiger partial charge in [0.1, 0.15) is 11.3 Å². The zero-order valence-corrected chi connectivity index (χ0v) is 20.4. The van der Waals surface area contributed by atoms with Crippen molar-refractivity contribution in [3.63, 3.8) is 0 Å². The van der Waals surface area contributed by atoms with Gasteiger partial charge < -0.3 is 25.9 Å². The number of hydrogen-bond donors (Lipinski definition) is 4. The first kappa shape index (κ1) is 24.4. The number of aryl methyl sites for hydroxylation is 1. The first-order valence-corrected chi connectivity index (χ1v) is 11.5. The molecule has 182 valence electrons. The molecule has 0 aliphatic heterocycles. The van der Waals surface area contributed by atoms with Crippen molar-refractivity contribution in [2.24, 2.45) is 5.73 Å². The molecule has 0 amide bonds. The fourth-order valence-electron chi connectivity index (χ4n) is 3.90. The van der Waals surface area contributed by atoms with E-state index in [-0.39, 0.29) is 17.7 Å². The molecule has 0 aliphatic rings. The van der Waals surface area contributed by atoms with E-state index in [0.29, 0.717) is 29.3 Å². The molecule has 0 bridgehead atoms. The third kappa shape index (κ3) is 5.67. The molecular formula is C27H31N5O3. The first-order chi connectivity index (χ1) is 16.6. The summed E-state index contributed by atoms with van der Waals surface area (Å²) in [7, 11) is 0. The lowest BCUT2D eigenvalue weighted by Crippen LogP contribution is -2.27. The predicted octanol–water partition coefficient (Wildman–Crippen LogP) is 5.06. The number of para-hydroxylation sites is 1. The number of fused-ring (bicyclic) bond motifs is 1. The Balaban J connectivity index is 1.67. The van der Waals surface area contributed by atoms with Crippen LogP contribution in [0.15, 0.2) is 54.6 Å². The molecule has 5 N–H and O–H groups in total. The van der Waals surface area contributed by atoms with Crippen LogP contribution in [0.3, 0.4) is 0 Å². The number of ether oxygens (including phenoxy) is 1. The molecule has 0 spiro atoms. The number of nitrogens with zero attached hydrogens (tertiary/aromatic N) is 2. The summed E-state index contributed by atoms with van der Waals surface area (Å²) in [4.78, 5) is 24.8. The lowest BCUT2D eigenvalue weighted by atomic mass is 10.1. The number of H-pyrrole nitrogens is 1.